The number of carbonyl (C=O) groups excluding carboxylic acids is 3. The van der Waals surface area contributed by atoms with Crippen LogP contribution in [0.1, 0.15) is 32.1 Å². The maximum absolute atomic E-state index is 12.0. The third-order valence-electron chi connectivity index (χ3n) is 3.79. The Kier molecular flexibility index (Phi) is 5.65. The van der Waals surface area contributed by atoms with Crippen molar-refractivity contribution in [3.8, 4) is 6.07 Å². The number of fused-ring (bicyclic) bond motifs is 1. The predicted octanol–water partition coefficient (Wildman–Crippen LogP) is 2.08. The van der Waals surface area contributed by atoms with Crippen molar-refractivity contribution in [3.05, 3.63) is 38.4 Å². The van der Waals surface area contributed by atoms with E-state index in [4.69, 9.17) is 4.74 Å². The van der Waals surface area contributed by atoms with E-state index < -0.39 is 18.5 Å². The zero-order chi connectivity index (χ0) is 18.5. The van der Waals surface area contributed by atoms with Gasteiger partial charge in [-0.2, -0.15) is 5.26 Å². The first kappa shape index (κ1) is 18.1. The van der Waals surface area contributed by atoms with E-state index in [1.807, 2.05) is 0 Å². The Hall–Kier alpha value is -2.70. The van der Waals surface area contributed by atoms with Crippen molar-refractivity contribution >= 4 is 45.5 Å². The first-order valence-electron chi connectivity index (χ1n) is 7.90. The van der Waals surface area contributed by atoms with Crippen molar-refractivity contribution < 1.29 is 19.1 Å². The van der Waals surface area contributed by atoms with Crippen molar-refractivity contribution in [2.75, 3.05) is 18.5 Å². The average molecular weight is 389 g/mol. The number of nitriles is 1. The van der Waals surface area contributed by atoms with Crippen LogP contribution in [0.15, 0.2) is 17.5 Å². The number of aryl methyl sites for hydroxylation is 1. The predicted molar refractivity (Wildman–Crippen MR) is 97.3 cm³/mol. The monoisotopic (exact) mass is 389 g/mol. The third kappa shape index (κ3) is 4.09. The highest BCUT2D eigenvalue weighted by Crippen LogP contribution is 2.38. The number of thiophene rings is 2. The third-order valence-corrected chi connectivity index (χ3v) is 5.86. The highest BCUT2D eigenvalue weighted by atomic mass is 32.1. The van der Waals surface area contributed by atoms with Gasteiger partial charge in [0, 0.05) is 4.88 Å². The molecule has 2 heterocycles. The van der Waals surface area contributed by atoms with Gasteiger partial charge >= 0.3 is 5.97 Å². The van der Waals surface area contributed by atoms with Crippen molar-refractivity contribution in [2.24, 2.45) is 0 Å². The fourth-order valence-corrected chi connectivity index (χ4v) is 4.51. The Morgan fingerprint density at radius 1 is 1.31 bits per heavy atom. The van der Waals surface area contributed by atoms with E-state index in [1.165, 1.54) is 22.7 Å². The van der Waals surface area contributed by atoms with Crippen LogP contribution in [0.2, 0.25) is 0 Å². The molecule has 1 aliphatic carbocycles. The van der Waals surface area contributed by atoms with Crippen LogP contribution in [-0.2, 0) is 27.2 Å². The van der Waals surface area contributed by atoms with Gasteiger partial charge in [-0.1, -0.05) is 6.07 Å². The number of anilines is 1. The molecule has 0 fully saturated rings. The second-order valence-corrected chi connectivity index (χ2v) is 7.59. The maximum atomic E-state index is 12.0. The van der Waals surface area contributed by atoms with Crippen LogP contribution in [0.25, 0.3) is 0 Å². The summed E-state index contributed by atoms with van der Waals surface area (Å²) in [6.07, 6.45) is 2.80. The lowest BCUT2D eigenvalue weighted by Crippen LogP contribution is -2.31. The highest BCUT2D eigenvalue weighted by molar-refractivity contribution is 7.16. The van der Waals surface area contributed by atoms with Gasteiger partial charge in [0.05, 0.1) is 10.4 Å². The Labute approximate surface area is 157 Å². The standard InChI is InChI=1S/C17H15N3O4S2/c18-7-11-10-3-1-4-12(10)26-17(11)20-14(21)9-24-15(22)8-19-16(23)13-5-2-6-25-13/h2,5-6H,1,3-4,8-9H2,(H,19,23)(H,20,21). The van der Waals surface area contributed by atoms with Gasteiger partial charge in [0.25, 0.3) is 11.8 Å². The van der Waals surface area contributed by atoms with E-state index in [1.54, 1.807) is 17.5 Å². The number of rotatable bonds is 6. The largest absolute Gasteiger partial charge is 0.454 e. The molecule has 2 aromatic heterocycles. The minimum absolute atomic E-state index is 0.319. The molecular weight excluding hydrogens is 374 g/mol. The molecule has 2 aromatic rings. The lowest BCUT2D eigenvalue weighted by Gasteiger charge is -2.06. The Balaban J connectivity index is 1.45. The number of esters is 1. The molecule has 0 bridgehead atoms. The molecule has 134 valence electrons. The molecule has 0 radical (unpaired) electrons. The summed E-state index contributed by atoms with van der Waals surface area (Å²) >= 11 is 2.66. The summed E-state index contributed by atoms with van der Waals surface area (Å²) in [5.74, 6) is -1.59. The second-order valence-electron chi connectivity index (χ2n) is 5.54. The lowest BCUT2D eigenvalue weighted by atomic mass is 10.1. The van der Waals surface area contributed by atoms with Gasteiger partial charge in [0.15, 0.2) is 6.61 Å². The molecule has 2 N–H and O–H groups in total. The number of nitrogens with zero attached hydrogens (tertiary/aromatic N) is 1. The Morgan fingerprint density at radius 2 is 2.15 bits per heavy atom. The SMILES string of the molecule is N#Cc1c(NC(=O)COC(=O)CNC(=O)c2cccs2)sc2c1CCC2. The van der Waals surface area contributed by atoms with E-state index >= 15 is 0 Å². The molecule has 26 heavy (non-hydrogen) atoms. The highest BCUT2D eigenvalue weighted by Gasteiger charge is 2.23. The van der Waals surface area contributed by atoms with Crippen molar-refractivity contribution in [1.82, 2.24) is 5.32 Å². The Morgan fingerprint density at radius 3 is 2.88 bits per heavy atom. The van der Waals surface area contributed by atoms with Crippen LogP contribution < -0.4 is 10.6 Å². The average Bonchev–Trinajstić information content (AvgIpc) is 3.34. The van der Waals surface area contributed by atoms with E-state index in [9.17, 15) is 19.6 Å². The van der Waals surface area contributed by atoms with Crippen molar-refractivity contribution in [1.29, 1.82) is 5.26 Å². The summed E-state index contributed by atoms with van der Waals surface area (Å²) in [6, 6.07) is 5.51. The molecule has 0 aliphatic heterocycles. The van der Waals surface area contributed by atoms with Gasteiger partial charge in [0.2, 0.25) is 0 Å². The summed E-state index contributed by atoms with van der Waals surface area (Å²) in [7, 11) is 0. The van der Waals surface area contributed by atoms with Gasteiger partial charge in [-0.15, -0.1) is 22.7 Å². The molecule has 3 rings (SSSR count). The van der Waals surface area contributed by atoms with Gasteiger partial charge < -0.3 is 15.4 Å². The van der Waals surface area contributed by atoms with Gasteiger partial charge in [-0.25, -0.2) is 0 Å². The first-order chi connectivity index (χ1) is 12.6. The topological polar surface area (TPSA) is 108 Å². The minimum Gasteiger partial charge on any atom is -0.454 e. The fourth-order valence-electron chi connectivity index (χ4n) is 2.62. The van der Waals surface area contributed by atoms with Crippen molar-refractivity contribution in [3.63, 3.8) is 0 Å². The second kappa shape index (κ2) is 8.12. The number of carbonyl (C=O) groups is 3. The maximum Gasteiger partial charge on any atom is 0.325 e. The molecular formula is C17H15N3O4S2. The summed E-state index contributed by atoms with van der Waals surface area (Å²) in [5, 5.41) is 16.6. The molecule has 0 aromatic carbocycles. The zero-order valence-electron chi connectivity index (χ0n) is 13.7. The quantitative estimate of drug-likeness (QED) is 0.736. The Bertz CT molecular complexity index is 881. The smallest absolute Gasteiger partial charge is 0.325 e. The molecule has 0 saturated heterocycles. The van der Waals surface area contributed by atoms with E-state index in [-0.39, 0.29) is 12.5 Å². The van der Waals surface area contributed by atoms with Crippen LogP contribution in [0.3, 0.4) is 0 Å². The molecule has 0 atom stereocenters. The molecule has 7 nitrogen and oxygen atoms in total. The van der Waals surface area contributed by atoms with Gasteiger partial charge in [0.1, 0.15) is 17.6 Å². The molecule has 0 saturated carbocycles. The molecule has 2 amide bonds. The number of amides is 2. The van der Waals surface area contributed by atoms with Crippen LogP contribution in [-0.4, -0.2) is 30.9 Å². The first-order valence-corrected chi connectivity index (χ1v) is 9.60. The molecule has 9 heteroatoms. The summed E-state index contributed by atoms with van der Waals surface area (Å²) in [4.78, 5) is 36.9. The lowest BCUT2D eigenvalue weighted by molar-refractivity contribution is -0.146. The summed E-state index contributed by atoms with van der Waals surface area (Å²) in [6.45, 7) is -0.790. The van der Waals surface area contributed by atoms with E-state index in [0.717, 1.165) is 29.7 Å². The molecule has 0 spiro atoms. The fraction of sp³-hybridized carbons (Fsp3) is 0.294. The van der Waals surface area contributed by atoms with Crippen molar-refractivity contribution in [2.45, 2.75) is 19.3 Å². The van der Waals surface area contributed by atoms with E-state index in [2.05, 4.69) is 16.7 Å². The number of hydrogen-bond donors (Lipinski definition) is 2. The van der Waals surface area contributed by atoms with Crippen LogP contribution in [0, 0.1) is 11.3 Å². The molecule has 0 unspecified atom stereocenters. The minimum atomic E-state index is -0.709. The normalized spacial score (nSPS) is 12.1. The van der Waals surface area contributed by atoms with E-state index in [0.29, 0.717) is 15.4 Å². The van der Waals surface area contributed by atoms with Crippen LogP contribution in [0.5, 0.6) is 0 Å². The molecule has 1 aliphatic rings. The van der Waals surface area contributed by atoms with Crippen LogP contribution in [0.4, 0.5) is 5.00 Å². The van der Waals surface area contributed by atoms with Crippen LogP contribution >= 0.6 is 22.7 Å². The summed E-state index contributed by atoms with van der Waals surface area (Å²) in [5.41, 5.74) is 1.52. The number of hydrogen-bond acceptors (Lipinski definition) is 7. The summed E-state index contributed by atoms with van der Waals surface area (Å²) < 4.78 is 4.85. The van der Waals surface area contributed by atoms with Gasteiger partial charge in [-0.05, 0) is 36.3 Å². The number of nitrogens with one attached hydrogen (secondary N) is 2. The number of ether oxygens (including phenoxy) is 1. The van der Waals surface area contributed by atoms with Gasteiger partial charge in [-0.3, -0.25) is 14.4 Å². The zero-order valence-corrected chi connectivity index (χ0v) is 15.3.